The molecule has 1 heterocycles. The molecule has 0 bridgehead atoms. The van der Waals surface area contributed by atoms with Crippen molar-refractivity contribution in [1.82, 2.24) is 9.78 Å². The highest BCUT2D eigenvalue weighted by atomic mass is 16.1. The van der Waals surface area contributed by atoms with Crippen molar-refractivity contribution in [3.05, 3.63) is 11.9 Å². The van der Waals surface area contributed by atoms with Crippen molar-refractivity contribution in [2.45, 2.75) is 38.0 Å². The molecule has 4 heteroatoms. The van der Waals surface area contributed by atoms with Crippen LogP contribution in [-0.4, -0.2) is 15.9 Å². The highest BCUT2D eigenvalue weighted by Gasteiger charge is 2.21. The van der Waals surface area contributed by atoms with Gasteiger partial charge in [-0.3, -0.25) is 4.68 Å². The molecule has 2 rings (SSSR count). The topological polar surface area (TPSA) is 47.2 Å². The molecular formula is C11H15N3O. The third kappa shape index (κ3) is 2.00. The number of aliphatic imine (C=N–C) groups is 1. The molecule has 0 atom stereocenters. The van der Waals surface area contributed by atoms with E-state index in [-0.39, 0.29) is 0 Å². The monoisotopic (exact) mass is 205 g/mol. The second-order valence-corrected chi connectivity index (χ2v) is 4.08. The largest absolute Gasteiger partial charge is 0.270 e. The fourth-order valence-electron chi connectivity index (χ4n) is 2.42. The molecule has 0 aromatic carbocycles. The van der Waals surface area contributed by atoms with Crippen molar-refractivity contribution in [3.63, 3.8) is 0 Å². The average Bonchev–Trinajstić information content (AvgIpc) is 2.62. The van der Waals surface area contributed by atoms with Crippen LogP contribution in [0.2, 0.25) is 0 Å². The average molecular weight is 205 g/mol. The van der Waals surface area contributed by atoms with Gasteiger partial charge >= 0.3 is 0 Å². The number of hydrogen-bond donors (Lipinski definition) is 0. The van der Waals surface area contributed by atoms with Gasteiger partial charge in [-0.2, -0.15) is 10.1 Å². The van der Waals surface area contributed by atoms with E-state index in [0.717, 1.165) is 5.69 Å². The molecular weight excluding hydrogens is 190 g/mol. The van der Waals surface area contributed by atoms with E-state index in [2.05, 4.69) is 10.1 Å². The smallest absolute Gasteiger partial charge is 0.240 e. The van der Waals surface area contributed by atoms with Gasteiger partial charge in [-0.05, 0) is 12.8 Å². The predicted molar refractivity (Wildman–Crippen MR) is 56.8 cm³/mol. The molecule has 0 radical (unpaired) electrons. The van der Waals surface area contributed by atoms with Crippen molar-refractivity contribution in [2.24, 2.45) is 12.0 Å². The zero-order valence-corrected chi connectivity index (χ0v) is 8.94. The molecule has 0 N–H and O–H groups in total. The number of aryl methyl sites for hydroxylation is 1. The Kier molecular flexibility index (Phi) is 2.97. The summed E-state index contributed by atoms with van der Waals surface area (Å²) in [6.45, 7) is 0. The quantitative estimate of drug-likeness (QED) is 0.550. The van der Waals surface area contributed by atoms with Gasteiger partial charge in [0.05, 0.1) is 11.9 Å². The Morgan fingerprint density at radius 1 is 1.47 bits per heavy atom. The first-order chi connectivity index (χ1) is 7.33. The molecule has 1 aromatic rings. The van der Waals surface area contributed by atoms with E-state index in [9.17, 15) is 4.79 Å². The van der Waals surface area contributed by atoms with Gasteiger partial charge in [0.15, 0.2) is 0 Å². The number of hydrogen-bond acceptors (Lipinski definition) is 3. The van der Waals surface area contributed by atoms with Crippen LogP contribution in [-0.2, 0) is 11.8 Å². The van der Waals surface area contributed by atoms with Crippen LogP contribution in [0.25, 0.3) is 0 Å². The molecule has 0 saturated heterocycles. The van der Waals surface area contributed by atoms with Gasteiger partial charge in [0, 0.05) is 13.0 Å². The lowest BCUT2D eigenvalue weighted by Crippen LogP contribution is -2.09. The molecule has 0 aliphatic heterocycles. The zero-order valence-electron chi connectivity index (χ0n) is 8.94. The van der Waals surface area contributed by atoms with Crippen molar-refractivity contribution >= 4 is 11.8 Å². The van der Waals surface area contributed by atoms with Crippen molar-refractivity contribution < 1.29 is 4.79 Å². The lowest BCUT2D eigenvalue weighted by Gasteiger charge is -2.21. The minimum atomic E-state index is 0.512. The summed E-state index contributed by atoms with van der Waals surface area (Å²) in [6.07, 6.45) is 9.46. The summed E-state index contributed by atoms with van der Waals surface area (Å²) in [6, 6.07) is 0. The van der Waals surface area contributed by atoms with Crippen LogP contribution in [0.4, 0.5) is 5.69 Å². The van der Waals surface area contributed by atoms with Gasteiger partial charge < -0.3 is 0 Å². The Morgan fingerprint density at radius 3 is 2.87 bits per heavy atom. The molecule has 0 spiro atoms. The molecule has 1 fully saturated rings. The number of isocyanates is 1. The summed E-state index contributed by atoms with van der Waals surface area (Å²) in [5.74, 6) is 0.512. The molecule has 0 unspecified atom stereocenters. The van der Waals surface area contributed by atoms with Gasteiger partial charge in [-0.15, -0.1) is 0 Å². The van der Waals surface area contributed by atoms with Crippen molar-refractivity contribution in [3.8, 4) is 0 Å². The van der Waals surface area contributed by atoms with E-state index in [1.165, 1.54) is 32.1 Å². The molecule has 0 amide bonds. The summed E-state index contributed by atoms with van der Waals surface area (Å²) in [5, 5.41) is 4.15. The second kappa shape index (κ2) is 4.41. The fourth-order valence-corrected chi connectivity index (χ4v) is 2.42. The van der Waals surface area contributed by atoms with E-state index in [1.54, 1.807) is 12.3 Å². The highest BCUT2D eigenvalue weighted by molar-refractivity contribution is 5.51. The van der Waals surface area contributed by atoms with E-state index >= 15 is 0 Å². The van der Waals surface area contributed by atoms with Crippen LogP contribution in [0, 0.1) is 0 Å². The first-order valence-electron chi connectivity index (χ1n) is 5.42. The molecule has 1 aliphatic rings. The number of rotatable bonds is 2. The maximum absolute atomic E-state index is 10.3. The minimum Gasteiger partial charge on any atom is -0.270 e. The van der Waals surface area contributed by atoms with Gasteiger partial charge in [-0.25, -0.2) is 4.79 Å². The Balaban J connectivity index is 2.31. The van der Waals surface area contributed by atoms with Crippen molar-refractivity contribution in [2.75, 3.05) is 0 Å². The Morgan fingerprint density at radius 2 is 2.20 bits per heavy atom. The Hall–Kier alpha value is -1.41. The van der Waals surface area contributed by atoms with E-state index in [1.807, 2.05) is 11.7 Å². The van der Waals surface area contributed by atoms with Crippen molar-refractivity contribution in [1.29, 1.82) is 0 Å². The van der Waals surface area contributed by atoms with E-state index in [4.69, 9.17) is 0 Å². The summed E-state index contributed by atoms with van der Waals surface area (Å²) in [7, 11) is 1.91. The van der Waals surface area contributed by atoms with Gasteiger partial charge in [0.2, 0.25) is 6.08 Å². The standard InChI is InChI=1S/C11H15N3O/c1-14-11(9-5-3-2-4-6-9)10(7-13-14)12-8-15/h7,9H,2-6H2,1H3. The SMILES string of the molecule is Cn1ncc(N=C=O)c1C1CCCCC1. The minimum absolute atomic E-state index is 0.512. The Bertz CT molecular complexity index is 385. The summed E-state index contributed by atoms with van der Waals surface area (Å²) in [5.41, 5.74) is 1.79. The zero-order chi connectivity index (χ0) is 10.7. The summed E-state index contributed by atoms with van der Waals surface area (Å²) >= 11 is 0. The lowest BCUT2D eigenvalue weighted by atomic mass is 9.86. The van der Waals surface area contributed by atoms with Crippen LogP contribution in [0.1, 0.15) is 43.7 Å². The molecule has 1 saturated carbocycles. The molecule has 1 aliphatic carbocycles. The molecule has 80 valence electrons. The fraction of sp³-hybridized carbons (Fsp3) is 0.636. The van der Waals surface area contributed by atoms with Crippen LogP contribution >= 0.6 is 0 Å². The van der Waals surface area contributed by atoms with Gasteiger partial charge in [0.25, 0.3) is 0 Å². The normalized spacial score (nSPS) is 17.4. The van der Waals surface area contributed by atoms with Gasteiger partial charge in [-0.1, -0.05) is 19.3 Å². The number of nitrogens with zero attached hydrogens (tertiary/aromatic N) is 3. The number of carbonyl (C=O) groups excluding carboxylic acids is 1. The number of aromatic nitrogens is 2. The van der Waals surface area contributed by atoms with Crippen LogP contribution < -0.4 is 0 Å². The van der Waals surface area contributed by atoms with Crippen LogP contribution in [0.15, 0.2) is 11.2 Å². The predicted octanol–water partition coefficient (Wildman–Crippen LogP) is 2.44. The first-order valence-corrected chi connectivity index (χ1v) is 5.42. The molecule has 1 aromatic heterocycles. The van der Waals surface area contributed by atoms with Gasteiger partial charge in [0.1, 0.15) is 5.69 Å². The molecule has 15 heavy (non-hydrogen) atoms. The van der Waals surface area contributed by atoms with Crippen LogP contribution in [0.3, 0.4) is 0 Å². The van der Waals surface area contributed by atoms with Crippen LogP contribution in [0.5, 0.6) is 0 Å². The maximum atomic E-state index is 10.3. The van der Waals surface area contributed by atoms with E-state index < -0.39 is 0 Å². The second-order valence-electron chi connectivity index (χ2n) is 4.08. The lowest BCUT2D eigenvalue weighted by molar-refractivity contribution is 0.425. The summed E-state index contributed by atoms with van der Waals surface area (Å²) in [4.78, 5) is 14.0. The first kappa shape index (κ1) is 10.1. The Labute approximate surface area is 89.0 Å². The summed E-state index contributed by atoms with van der Waals surface area (Å²) < 4.78 is 1.84. The highest BCUT2D eigenvalue weighted by Crippen LogP contribution is 2.36. The third-order valence-corrected chi connectivity index (χ3v) is 3.12. The van der Waals surface area contributed by atoms with E-state index in [0.29, 0.717) is 11.6 Å². The molecule has 4 nitrogen and oxygen atoms in total. The third-order valence-electron chi connectivity index (χ3n) is 3.12. The maximum Gasteiger partial charge on any atom is 0.240 e.